The SMILES string of the molecule is COC(CNC(=O)CCC(C)(C)C)C(=O)O. The predicted octanol–water partition coefficient (Wildman–Crippen LogP) is 1.03. The molecule has 5 nitrogen and oxygen atoms in total. The first-order valence-corrected chi connectivity index (χ1v) is 5.28. The molecule has 0 rings (SSSR count). The zero-order valence-corrected chi connectivity index (χ0v) is 10.4. The van der Waals surface area contributed by atoms with Gasteiger partial charge in [0.2, 0.25) is 5.91 Å². The van der Waals surface area contributed by atoms with Crippen LogP contribution in [0.15, 0.2) is 0 Å². The number of carboxylic acid groups (broad SMARTS) is 1. The summed E-state index contributed by atoms with van der Waals surface area (Å²) in [5.41, 5.74) is 0.102. The Bertz CT molecular complexity index is 245. The third kappa shape index (κ3) is 7.23. The summed E-state index contributed by atoms with van der Waals surface area (Å²) in [6.07, 6.45) is 0.196. The van der Waals surface area contributed by atoms with Gasteiger partial charge in [0.25, 0.3) is 0 Å². The number of carboxylic acids is 1. The molecule has 1 unspecified atom stereocenters. The second-order valence-electron chi connectivity index (χ2n) is 4.93. The molecule has 5 heteroatoms. The predicted molar refractivity (Wildman–Crippen MR) is 60.1 cm³/mol. The van der Waals surface area contributed by atoms with Crippen LogP contribution in [-0.4, -0.2) is 36.7 Å². The average molecular weight is 231 g/mol. The van der Waals surface area contributed by atoms with E-state index in [-0.39, 0.29) is 17.9 Å². The van der Waals surface area contributed by atoms with Crippen molar-refractivity contribution in [1.29, 1.82) is 0 Å². The van der Waals surface area contributed by atoms with Gasteiger partial charge in [-0.25, -0.2) is 4.79 Å². The Morgan fingerprint density at radius 1 is 1.38 bits per heavy atom. The number of methoxy groups -OCH3 is 1. The van der Waals surface area contributed by atoms with Gasteiger partial charge in [-0.15, -0.1) is 0 Å². The third-order valence-electron chi connectivity index (χ3n) is 2.15. The number of rotatable bonds is 6. The lowest BCUT2D eigenvalue weighted by atomic mass is 9.90. The molecule has 16 heavy (non-hydrogen) atoms. The van der Waals surface area contributed by atoms with Crippen molar-refractivity contribution in [1.82, 2.24) is 5.32 Å². The molecule has 1 atom stereocenters. The first-order chi connectivity index (χ1) is 7.26. The summed E-state index contributed by atoms with van der Waals surface area (Å²) >= 11 is 0. The van der Waals surface area contributed by atoms with Gasteiger partial charge in [0.1, 0.15) is 0 Å². The van der Waals surface area contributed by atoms with Crippen molar-refractivity contribution in [2.45, 2.75) is 39.7 Å². The van der Waals surface area contributed by atoms with Crippen molar-refractivity contribution in [3.63, 3.8) is 0 Å². The molecule has 1 amide bonds. The maximum absolute atomic E-state index is 11.4. The summed E-state index contributed by atoms with van der Waals surface area (Å²) in [6.45, 7) is 6.16. The third-order valence-corrected chi connectivity index (χ3v) is 2.15. The molecule has 0 heterocycles. The maximum atomic E-state index is 11.4. The molecule has 0 spiro atoms. The van der Waals surface area contributed by atoms with Gasteiger partial charge in [-0.1, -0.05) is 20.8 Å². The average Bonchev–Trinajstić information content (AvgIpc) is 2.14. The number of hydrogen-bond donors (Lipinski definition) is 2. The standard InChI is InChI=1S/C11H21NO4/c1-11(2,3)6-5-9(13)12-7-8(16-4)10(14)15/h8H,5-7H2,1-4H3,(H,12,13)(H,14,15). The molecule has 94 valence electrons. The molecular formula is C11H21NO4. The van der Waals surface area contributed by atoms with Gasteiger partial charge >= 0.3 is 5.97 Å². The highest BCUT2D eigenvalue weighted by molar-refractivity contribution is 5.78. The quantitative estimate of drug-likeness (QED) is 0.716. The smallest absolute Gasteiger partial charge is 0.334 e. The van der Waals surface area contributed by atoms with E-state index in [1.807, 2.05) is 0 Å². The monoisotopic (exact) mass is 231 g/mol. The van der Waals surface area contributed by atoms with Crippen molar-refractivity contribution in [2.24, 2.45) is 5.41 Å². The van der Waals surface area contributed by atoms with Crippen LogP contribution in [0.4, 0.5) is 0 Å². The lowest BCUT2D eigenvalue weighted by molar-refractivity contribution is -0.148. The Hall–Kier alpha value is -1.10. The summed E-state index contributed by atoms with van der Waals surface area (Å²) < 4.78 is 4.69. The fourth-order valence-corrected chi connectivity index (χ4v) is 1.05. The van der Waals surface area contributed by atoms with Gasteiger partial charge in [-0.2, -0.15) is 0 Å². The minimum Gasteiger partial charge on any atom is -0.479 e. The number of aliphatic carboxylic acids is 1. The van der Waals surface area contributed by atoms with Crippen LogP contribution in [0.2, 0.25) is 0 Å². The van der Waals surface area contributed by atoms with E-state index < -0.39 is 12.1 Å². The van der Waals surface area contributed by atoms with Gasteiger partial charge in [-0.3, -0.25) is 4.79 Å². The summed E-state index contributed by atoms with van der Waals surface area (Å²) in [4.78, 5) is 22.0. The molecule has 0 aliphatic heterocycles. The molecule has 0 saturated carbocycles. The fourth-order valence-electron chi connectivity index (χ4n) is 1.05. The number of amides is 1. The fraction of sp³-hybridized carbons (Fsp3) is 0.818. The summed E-state index contributed by atoms with van der Waals surface area (Å²) in [5.74, 6) is -1.21. The van der Waals surface area contributed by atoms with Crippen LogP contribution in [0.1, 0.15) is 33.6 Å². The number of carbonyl (C=O) groups excluding carboxylic acids is 1. The summed E-state index contributed by atoms with van der Waals surface area (Å²) in [5, 5.41) is 11.2. The first-order valence-electron chi connectivity index (χ1n) is 5.28. The van der Waals surface area contributed by atoms with Crippen molar-refractivity contribution >= 4 is 11.9 Å². The van der Waals surface area contributed by atoms with E-state index in [0.717, 1.165) is 6.42 Å². The van der Waals surface area contributed by atoms with Gasteiger partial charge in [0.15, 0.2) is 6.10 Å². The highest BCUT2D eigenvalue weighted by Crippen LogP contribution is 2.20. The molecule has 0 aliphatic carbocycles. The van der Waals surface area contributed by atoms with Crippen molar-refractivity contribution in [2.75, 3.05) is 13.7 Å². The second-order valence-corrected chi connectivity index (χ2v) is 4.93. The molecule has 0 radical (unpaired) electrons. The Kier molecular flexibility index (Phi) is 6.03. The molecule has 0 aromatic carbocycles. The summed E-state index contributed by atoms with van der Waals surface area (Å²) in [7, 11) is 1.31. The van der Waals surface area contributed by atoms with E-state index in [4.69, 9.17) is 9.84 Å². The van der Waals surface area contributed by atoms with Crippen molar-refractivity contribution in [3.05, 3.63) is 0 Å². The van der Waals surface area contributed by atoms with E-state index in [2.05, 4.69) is 26.1 Å². The lowest BCUT2D eigenvalue weighted by Gasteiger charge is -2.18. The molecular weight excluding hydrogens is 210 g/mol. The lowest BCUT2D eigenvalue weighted by Crippen LogP contribution is -2.38. The van der Waals surface area contributed by atoms with Crippen molar-refractivity contribution in [3.8, 4) is 0 Å². The van der Waals surface area contributed by atoms with E-state index in [0.29, 0.717) is 6.42 Å². The van der Waals surface area contributed by atoms with Gasteiger partial charge in [0.05, 0.1) is 6.54 Å². The second kappa shape index (κ2) is 6.48. The number of nitrogens with one attached hydrogen (secondary N) is 1. The first kappa shape index (κ1) is 14.9. The van der Waals surface area contributed by atoms with Gasteiger partial charge in [0, 0.05) is 13.5 Å². The highest BCUT2D eigenvalue weighted by atomic mass is 16.5. The minimum atomic E-state index is -1.07. The topological polar surface area (TPSA) is 75.6 Å². The van der Waals surface area contributed by atoms with Crippen LogP contribution in [0.5, 0.6) is 0 Å². The molecule has 0 fully saturated rings. The van der Waals surface area contributed by atoms with Crippen LogP contribution >= 0.6 is 0 Å². The number of carbonyl (C=O) groups is 2. The van der Waals surface area contributed by atoms with Crippen LogP contribution in [0, 0.1) is 5.41 Å². The van der Waals surface area contributed by atoms with Crippen molar-refractivity contribution < 1.29 is 19.4 Å². The Morgan fingerprint density at radius 2 is 1.94 bits per heavy atom. The van der Waals surface area contributed by atoms with Gasteiger partial charge < -0.3 is 15.2 Å². The normalized spacial score (nSPS) is 13.2. The molecule has 2 N–H and O–H groups in total. The number of ether oxygens (including phenoxy) is 1. The van der Waals surface area contributed by atoms with Gasteiger partial charge in [-0.05, 0) is 11.8 Å². The van der Waals surface area contributed by atoms with Crippen LogP contribution in [-0.2, 0) is 14.3 Å². The Balaban J connectivity index is 3.85. The van der Waals surface area contributed by atoms with Crippen LogP contribution in [0.25, 0.3) is 0 Å². The zero-order valence-electron chi connectivity index (χ0n) is 10.4. The molecule has 0 aliphatic rings. The minimum absolute atomic E-state index is 0.00874. The molecule has 0 aromatic heterocycles. The highest BCUT2D eigenvalue weighted by Gasteiger charge is 2.18. The molecule has 0 bridgehead atoms. The molecule has 0 saturated heterocycles. The summed E-state index contributed by atoms with van der Waals surface area (Å²) in [6, 6.07) is 0. The van der Waals surface area contributed by atoms with E-state index in [9.17, 15) is 9.59 Å². The van der Waals surface area contributed by atoms with Crippen LogP contribution in [0.3, 0.4) is 0 Å². The Labute approximate surface area is 96.2 Å². The maximum Gasteiger partial charge on any atom is 0.334 e. The van der Waals surface area contributed by atoms with Crippen LogP contribution < -0.4 is 5.32 Å². The Morgan fingerprint density at radius 3 is 2.31 bits per heavy atom. The van der Waals surface area contributed by atoms with E-state index in [1.165, 1.54) is 7.11 Å². The van der Waals surface area contributed by atoms with E-state index in [1.54, 1.807) is 0 Å². The molecule has 0 aromatic rings. The van der Waals surface area contributed by atoms with E-state index >= 15 is 0 Å². The zero-order chi connectivity index (χ0) is 12.8. The largest absolute Gasteiger partial charge is 0.479 e. The number of hydrogen-bond acceptors (Lipinski definition) is 3.